The van der Waals surface area contributed by atoms with Crippen molar-refractivity contribution in [2.24, 2.45) is 11.3 Å². The van der Waals surface area contributed by atoms with Gasteiger partial charge in [-0.15, -0.1) is 0 Å². The molecule has 4 nitrogen and oxygen atoms in total. The summed E-state index contributed by atoms with van der Waals surface area (Å²) in [6.07, 6.45) is 4.91. The highest BCUT2D eigenvalue weighted by molar-refractivity contribution is 5.97. The molecule has 1 saturated heterocycles. The van der Waals surface area contributed by atoms with Crippen LogP contribution in [0.1, 0.15) is 53.4 Å². The molecule has 19 heavy (non-hydrogen) atoms. The number of hydrogen-bond acceptors (Lipinski definition) is 2. The number of nitrogens with one attached hydrogen (secondary N) is 1. The minimum Gasteiger partial charge on any atom is -0.342 e. The van der Waals surface area contributed by atoms with Crippen LogP contribution in [0.5, 0.6) is 0 Å². The maximum atomic E-state index is 12.6. The predicted molar refractivity (Wildman–Crippen MR) is 74.5 cm³/mol. The monoisotopic (exact) mass is 266 g/mol. The van der Waals surface area contributed by atoms with E-state index in [1.54, 1.807) is 0 Å². The zero-order valence-corrected chi connectivity index (χ0v) is 12.5. The summed E-state index contributed by atoms with van der Waals surface area (Å²) in [6.45, 7) is 8.58. The van der Waals surface area contributed by atoms with Gasteiger partial charge in [-0.1, -0.05) is 33.6 Å². The normalized spacial score (nSPS) is 29.8. The third-order valence-corrected chi connectivity index (χ3v) is 4.46. The van der Waals surface area contributed by atoms with Crippen LogP contribution < -0.4 is 5.32 Å². The molecule has 2 fully saturated rings. The molecule has 1 heterocycles. The molecule has 0 radical (unpaired) electrons. The van der Waals surface area contributed by atoms with Crippen LogP contribution >= 0.6 is 0 Å². The highest BCUT2D eigenvalue weighted by atomic mass is 16.2. The van der Waals surface area contributed by atoms with E-state index in [0.29, 0.717) is 5.92 Å². The zero-order valence-electron chi connectivity index (χ0n) is 12.5. The first-order chi connectivity index (χ1) is 8.80. The Morgan fingerprint density at radius 3 is 2.32 bits per heavy atom. The standard InChI is InChI=1S/C15H26N2O2/c1-10-13(18)16-12(15(2,3)4)14(19)17(10)9-11-7-5-6-8-11/h10-12H,5-9H2,1-4H3,(H,16,18). The summed E-state index contributed by atoms with van der Waals surface area (Å²) >= 11 is 0. The number of carbonyl (C=O) groups excluding carboxylic acids is 2. The van der Waals surface area contributed by atoms with E-state index in [1.807, 2.05) is 32.6 Å². The summed E-state index contributed by atoms with van der Waals surface area (Å²) in [7, 11) is 0. The molecule has 1 aliphatic heterocycles. The summed E-state index contributed by atoms with van der Waals surface area (Å²) in [5.74, 6) is 0.655. The largest absolute Gasteiger partial charge is 0.342 e. The Kier molecular flexibility index (Phi) is 3.88. The van der Waals surface area contributed by atoms with Crippen LogP contribution in [0.4, 0.5) is 0 Å². The zero-order chi connectivity index (χ0) is 14.2. The second kappa shape index (κ2) is 5.14. The van der Waals surface area contributed by atoms with Crippen molar-refractivity contribution in [1.82, 2.24) is 10.2 Å². The van der Waals surface area contributed by atoms with E-state index in [2.05, 4.69) is 5.32 Å². The van der Waals surface area contributed by atoms with Crippen LogP contribution in [0, 0.1) is 11.3 Å². The van der Waals surface area contributed by atoms with Gasteiger partial charge in [-0.05, 0) is 31.1 Å². The minimum atomic E-state index is -0.391. The van der Waals surface area contributed by atoms with Gasteiger partial charge in [0.05, 0.1) is 0 Å². The lowest BCUT2D eigenvalue weighted by atomic mass is 9.83. The Balaban J connectivity index is 2.14. The molecule has 0 bridgehead atoms. The summed E-state index contributed by atoms with van der Waals surface area (Å²) in [5, 5.41) is 2.88. The molecule has 1 aliphatic carbocycles. The maximum absolute atomic E-state index is 12.6. The quantitative estimate of drug-likeness (QED) is 0.830. The lowest BCUT2D eigenvalue weighted by molar-refractivity contribution is -0.152. The molecular weight excluding hydrogens is 240 g/mol. The molecule has 1 N–H and O–H groups in total. The smallest absolute Gasteiger partial charge is 0.246 e. The van der Waals surface area contributed by atoms with Crippen molar-refractivity contribution < 1.29 is 9.59 Å². The van der Waals surface area contributed by atoms with E-state index in [1.165, 1.54) is 25.7 Å². The molecule has 0 aromatic carbocycles. The number of nitrogens with zero attached hydrogens (tertiary/aromatic N) is 1. The van der Waals surface area contributed by atoms with Gasteiger partial charge in [0.15, 0.2) is 0 Å². The molecule has 2 aliphatic rings. The first kappa shape index (κ1) is 14.4. The Bertz CT molecular complexity index is 367. The van der Waals surface area contributed by atoms with Crippen LogP contribution in [0.3, 0.4) is 0 Å². The second-order valence-corrected chi connectivity index (χ2v) is 7.12. The van der Waals surface area contributed by atoms with Gasteiger partial charge >= 0.3 is 0 Å². The van der Waals surface area contributed by atoms with Crippen LogP contribution in [-0.2, 0) is 9.59 Å². The van der Waals surface area contributed by atoms with Crippen molar-refractivity contribution >= 4 is 11.8 Å². The number of carbonyl (C=O) groups is 2. The number of rotatable bonds is 2. The molecular formula is C15H26N2O2. The molecule has 0 aromatic heterocycles. The number of hydrogen-bond donors (Lipinski definition) is 1. The van der Waals surface area contributed by atoms with Crippen LogP contribution in [0.15, 0.2) is 0 Å². The van der Waals surface area contributed by atoms with E-state index in [4.69, 9.17) is 0 Å². The first-order valence-corrected chi connectivity index (χ1v) is 7.41. The summed E-state index contributed by atoms with van der Waals surface area (Å²) in [6, 6.07) is -0.718. The Morgan fingerprint density at radius 2 is 1.79 bits per heavy atom. The van der Waals surface area contributed by atoms with Crippen molar-refractivity contribution in [3.8, 4) is 0 Å². The van der Waals surface area contributed by atoms with Crippen molar-refractivity contribution in [3.63, 3.8) is 0 Å². The van der Waals surface area contributed by atoms with Crippen LogP contribution in [0.2, 0.25) is 0 Å². The number of amides is 2. The Hall–Kier alpha value is -1.06. The van der Waals surface area contributed by atoms with E-state index in [0.717, 1.165) is 6.54 Å². The SMILES string of the molecule is CC1C(=O)NC(C(C)(C)C)C(=O)N1CC1CCCC1. The van der Waals surface area contributed by atoms with Crippen LogP contribution in [-0.4, -0.2) is 35.3 Å². The van der Waals surface area contributed by atoms with Gasteiger partial charge in [0, 0.05) is 6.54 Å². The third-order valence-electron chi connectivity index (χ3n) is 4.46. The maximum Gasteiger partial charge on any atom is 0.246 e. The van der Waals surface area contributed by atoms with Gasteiger partial charge in [0.2, 0.25) is 11.8 Å². The van der Waals surface area contributed by atoms with Crippen molar-refractivity contribution in [2.75, 3.05) is 6.54 Å². The molecule has 0 aromatic rings. The van der Waals surface area contributed by atoms with E-state index < -0.39 is 6.04 Å². The Labute approximate surface area is 115 Å². The molecule has 2 rings (SSSR count). The summed E-state index contributed by atoms with van der Waals surface area (Å²) in [5.41, 5.74) is -0.235. The Morgan fingerprint density at radius 1 is 1.21 bits per heavy atom. The minimum absolute atomic E-state index is 0.0162. The topological polar surface area (TPSA) is 49.4 Å². The van der Waals surface area contributed by atoms with E-state index in [9.17, 15) is 9.59 Å². The molecule has 4 heteroatoms. The molecule has 1 saturated carbocycles. The summed E-state index contributed by atoms with van der Waals surface area (Å²) in [4.78, 5) is 26.5. The van der Waals surface area contributed by atoms with Gasteiger partial charge in [-0.2, -0.15) is 0 Å². The predicted octanol–water partition coefficient (Wildman–Crippen LogP) is 1.94. The molecule has 2 atom stereocenters. The molecule has 2 amide bonds. The van der Waals surface area contributed by atoms with Crippen molar-refractivity contribution in [1.29, 1.82) is 0 Å². The van der Waals surface area contributed by atoms with Gasteiger partial charge in [-0.25, -0.2) is 0 Å². The highest BCUT2D eigenvalue weighted by Crippen LogP contribution is 2.29. The van der Waals surface area contributed by atoms with Gasteiger partial charge in [-0.3, -0.25) is 9.59 Å². The van der Waals surface area contributed by atoms with Gasteiger partial charge in [0.25, 0.3) is 0 Å². The average Bonchev–Trinajstić information content (AvgIpc) is 2.80. The fraction of sp³-hybridized carbons (Fsp3) is 0.867. The number of piperazine rings is 1. The second-order valence-electron chi connectivity index (χ2n) is 7.12. The summed E-state index contributed by atoms with van der Waals surface area (Å²) < 4.78 is 0. The molecule has 108 valence electrons. The fourth-order valence-electron chi connectivity index (χ4n) is 3.13. The van der Waals surface area contributed by atoms with Gasteiger partial charge in [0.1, 0.15) is 12.1 Å². The first-order valence-electron chi connectivity index (χ1n) is 7.41. The van der Waals surface area contributed by atoms with Crippen molar-refractivity contribution in [3.05, 3.63) is 0 Å². The van der Waals surface area contributed by atoms with Gasteiger partial charge < -0.3 is 10.2 Å². The fourth-order valence-corrected chi connectivity index (χ4v) is 3.13. The lowest BCUT2D eigenvalue weighted by Crippen LogP contribution is -2.66. The molecule has 2 unspecified atom stereocenters. The third kappa shape index (κ3) is 2.93. The van der Waals surface area contributed by atoms with E-state index >= 15 is 0 Å². The van der Waals surface area contributed by atoms with E-state index in [-0.39, 0.29) is 23.3 Å². The van der Waals surface area contributed by atoms with Crippen LogP contribution in [0.25, 0.3) is 0 Å². The average molecular weight is 266 g/mol. The lowest BCUT2D eigenvalue weighted by Gasteiger charge is -2.43. The highest BCUT2D eigenvalue weighted by Gasteiger charge is 2.44. The van der Waals surface area contributed by atoms with Crippen molar-refractivity contribution in [2.45, 2.75) is 65.5 Å². The molecule has 0 spiro atoms.